The Balaban J connectivity index is 1.84. The third kappa shape index (κ3) is 4.16. The Kier molecular flexibility index (Phi) is 6.28. The van der Waals surface area contributed by atoms with Crippen molar-refractivity contribution in [2.45, 2.75) is 4.90 Å². The molecule has 2 aliphatic rings. The van der Waals surface area contributed by atoms with Gasteiger partial charge in [0.25, 0.3) is 0 Å². The van der Waals surface area contributed by atoms with Crippen molar-refractivity contribution in [1.82, 2.24) is 14.5 Å². The number of carbonyl (C=O) groups excluding carboxylic acids is 2. The van der Waals surface area contributed by atoms with Gasteiger partial charge in [-0.15, -0.1) is 0 Å². The van der Waals surface area contributed by atoms with Crippen LogP contribution in [0.25, 0.3) is 0 Å². The maximum Gasteiger partial charge on any atom is 0.243 e. The zero-order chi connectivity index (χ0) is 20.1. The van der Waals surface area contributed by atoms with Crippen LogP contribution in [0.2, 0.25) is 0 Å². The minimum Gasteiger partial charge on any atom is -0.378 e. The zero-order valence-electron chi connectivity index (χ0n) is 15.3. The average Bonchev–Trinajstić information content (AvgIpc) is 3.19. The lowest BCUT2D eigenvalue weighted by molar-refractivity contribution is -0.143. The maximum absolute atomic E-state index is 13.0. The standard InChI is InChI=1S/C18H22N4O5S/c19-6-7-20-17(23)15-12-22(28(25,26)14-4-2-1-3-5-14)13-16(15)18(24)21-8-10-27-11-9-21/h1-5,15-16H,7-13H2,(H,20,23)/t15-,16-/m1/s1. The fourth-order valence-electron chi connectivity index (χ4n) is 3.50. The monoisotopic (exact) mass is 406 g/mol. The second-order valence-corrected chi connectivity index (χ2v) is 8.60. The molecular weight excluding hydrogens is 384 g/mol. The summed E-state index contributed by atoms with van der Waals surface area (Å²) in [5.41, 5.74) is 0. The number of nitriles is 1. The van der Waals surface area contributed by atoms with Crippen LogP contribution >= 0.6 is 0 Å². The van der Waals surface area contributed by atoms with Gasteiger partial charge in [0, 0.05) is 26.2 Å². The van der Waals surface area contributed by atoms with Crippen LogP contribution in [0.5, 0.6) is 0 Å². The van der Waals surface area contributed by atoms with Crippen molar-refractivity contribution in [3.05, 3.63) is 30.3 Å². The Bertz CT molecular complexity index is 862. The molecule has 2 aliphatic heterocycles. The van der Waals surface area contributed by atoms with E-state index in [2.05, 4.69) is 5.32 Å². The highest BCUT2D eigenvalue weighted by Crippen LogP contribution is 2.30. The SMILES string of the molecule is N#CCNC(=O)[C@@H]1CN(S(=O)(=O)c2ccccc2)C[C@H]1C(=O)N1CCOCC1. The van der Waals surface area contributed by atoms with Gasteiger partial charge in [0.05, 0.1) is 36.0 Å². The first kappa shape index (κ1) is 20.3. The van der Waals surface area contributed by atoms with Crippen molar-refractivity contribution in [3.63, 3.8) is 0 Å². The molecule has 2 amide bonds. The number of amides is 2. The van der Waals surface area contributed by atoms with Gasteiger partial charge in [-0.1, -0.05) is 18.2 Å². The van der Waals surface area contributed by atoms with Crippen molar-refractivity contribution >= 4 is 21.8 Å². The van der Waals surface area contributed by atoms with Gasteiger partial charge in [-0.3, -0.25) is 9.59 Å². The number of hydrogen-bond donors (Lipinski definition) is 1. The molecular formula is C18H22N4O5S. The summed E-state index contributed by atoms with van der Waals surface area (Å²) in [5, 5.41) is 11.2. The van der Waals surface area contributed by atoms with E-state index in [0.29, 0.717) is 26.3 Å². The Morgan fingerprint density at radius 1 is 1.14 bits per heavy atom. The molecule has 1 N–H and O–H groups in total. The molecule has 3 rings (SSSR count). The largest absolute Gasteiger partial charge is 0.378 e. The molecule has 0 aliphatic carbocycles. The number of hydrogen-bond acceptors (Lipinski definition) is 6. The third-order valence-corrected chi connectivity index (χ3v) is 6.83. The normalized spacial score (nSPS) is 23.2. The fraction of sp³-hybridized carbons (Fsp3) is 0.500. The Morgan fingerprint density at radius 3 is 2.43 bits per heavy atom. The van der Waals surface area contributed by atoms with Gasteiger partial charge < -0.3 is 15.0 Å². The number of carbonyl (C=O) groups is 2. The molecule has 0 aromatic heterocycles. The van der Waals surface area contributed by atoms with Crippen LogP contribution in [0.15, 0.2) is 35.2 Å². The fourth-order valence-corrected chi connectivity index (χ4v) is 5.01. The van der Waals surface area contributed by atoms with E-state index in [1.54, 1.807) is 23.1 Å². The minimum atomic E-state index is -3.83. The van der Waals surface area contributed by atoms with E-state index in [0.717, 1.165) is 0 Å². The van der Waals surface area contributed by atoms with Gasteiger partial charge >= 0.3 is 0 Å². The maximum atomic E-state index is 13.0. The molecule has 0 radical (unpaired) electrons. The average molecular weight is 406 g/mol. The lowest BCUT2D eigenvalue weighted by Gasteiger charge is -2.30. The predicted molar refractivity (Wildman–Crippen MR) is 98.2 cm³/mol. The molecule has 2 saturated heterocycles. The molecule has 0 bridgehead atoms. The van der Waals surface area contributed by atoms with E-state index in [4.69, 9.17) is 10.00 Å². The molecule has 2 fully saturated rings. The Hall–Kier alpha value is -2.48. The summed E-state index contributed by atoms with van der Waals surface area (Å²) in [5.74, 6) is -2.39. The third-order valence-electron chi connectivity index (χ3n) is 4.99. The number of nitrogens with one attached hydrogen (secondary N) is 1. The first-order chi connectivity index (χ1) is 13.4. The van der Waals surface area contributed by atoms with Crippen molar-refractivity contribution in [2.75, 3.05) is 45.9 Å². The van der Waals surface area contributed by atoms with Crippen LogP contribution in [0.4, 0.5) is 0 Å². The first-order valence-corrected chi connectivity index (χ1v) is 10.5. The highest BCUT2D eigenvalue weighted by atomic mass is 32.2. The summed E-state index contributed by atoms with van der Waals surface area (Å²) in [4.78, 5) is 27.3. The van der Waals surface area contributed by atoms with Gasteiger partial charge in [-0.2, -0.15) is 9.57 Å². The molecule has 1 aromatic carbocycles. The number of ether oxygens (including phenoxy) is 1. The molecule has 2 atom stereocenters. The van der Waals surface area contributed by atoms with Crippen LogP contribution in [0, 0.1) is 23.2 Å². The minimum absolute atomic E-state index is 0.0714. The van der Waals surface area contributed by atoms with Gasteiger partial charge in [0.15, 0.2) is 0 Å². The summed E-state index contributed by atoms with van der Waals surface area (Å²) in [6.07, 6.45) is 0. The first-order valence-electron chi connectivity index (χ1n) is 9.01. The van der Waals surface area contributed by atoms with E-state index in [9.17, 15) is 18.0 Å². The molecule has 10 heteroatoms. The van der Waals surface area contributed by atoms with E-state index in [1.165, 1.54) is 16.4 Å². The second kappa shape index (κ2) is 8.68. The van der Waals surface area contributed by atoms with Gasteiger partial charge in [-0.25, -0.2) is 8.42 Å². The topological polar surface area (TPSA) is 120 Å². The van der Waals surface area contributed by atoms with Crippen LogP contribution in [-0.2, 0) is 24.3 Å². The lowest BCUT2D eigenvalue weighted by atomic mass is 9.93. The van der Waals surface area contributed by atoms with E-state index in [-0.39, 0.29) is 30.4 Å². The van der Waals surface area contributed by atoms with Crippen molar-refractivity contribution in [2.24, 2.45) is 11.8 Å². The highest BCUT2D eigenvalue weighted by molar-refractivity contribution is 7.89. The number of rotatable bonds is 5. The summed E-state index contributed by atoms with van der Waals surface area (Å²) in [7, 11) is -3.83. The molecule has 0 saturated carbocycles. The number of sulfonamides is 1. The van der Waals surface area contributed by atoms with Crippen LogP contribution in [0.1, 0.15) is 0 Å². The van der Waals surface area contributed by atoms with E-state index >= 15 is 0 Å². The summed E-state index contributed by atoms with van der Waals surface area (Å²) < 4.78 is 32.4. The van der Waals surface area contributed by atoms with Crippen LogP contribution in [0.3, 0.4) is 0 Å². The quantitative estimate of drug-likeness (QED) is 0.654. The van der Waals surface area contributed by atoms with Crippen LogP contribution < -0.4 is 5.32 Å². The summed E-state index contributed by atoms with van der Waals surface area (Å²) in [6, 6.07) is 9.74. The number of morpholine rings is 1. The summed E-state index contributed by atoms with van der Waals surface area (Å²) >= 11 is 0. The molecule has 28 heavy (non-hydrogen) atoms. The Labute approximate surface area is 163 Å². The molecule has 1 aromatic rings. The van der Waals surface area contributed by atoms with E-state index in [1.807, 2.05) is 6.07 Å². The summed E-state index contributed by atoms with van der Waals surface area (Å²) in [6.45, 7) is 1.28. The second-order valence-electron chi connectivity index (χ2n) is 6.66. The molecule has 9 nitrogen and oxygen atoms in total. The highest BCUT2D eigenvalue weighted by Gasteiger charge is 2.47. The molecule has 0 spiro atoms. The van der Waals surface area contributed by atoms with E-state index < -0.39 is 27.8 Å². The van der Waals surface area contributed by atoms with Crippen molar-refractivity contribution in [3.8, 4) is 6.07 Å². The van der Waals surface area contributed by atoms with Crippen molar-refractivity contribution in [1.29, 1.82) is 5.26 Å². The molecule has 2 heterocycles. The van der Waals surface area contributed by atoms with Gasteiger partial charge in [0.1, 0.15) is 6.54 Å². The van der Waals surface area contributed by atoms with Gasteiger partial charge in [0.2, 0.25) is 21.8 Å². The lowest BCUT2D eigenvalue weighted by Crippen LogP contribution is -2.47. The smallest absolute Gasteiger partial charge is 0.243 e. The zero-order valence-corrected chi connectivity index (χ0v) is 16.1. The predicted octanol–water partition coefficient (Wildman–Crippen LogP) is -0.578. The number of nitrogens with zero attached hydrogens (tertiary/aromatic N) is 3. The van der Waals surface area contributed by atoms with Gasteiger partial charge in [-0.05, 0) is 12.1 Å². The van der Waals surface area contributed by atoms with Crippen LogP contribution in [-0.4, -0.2) is 75.4 Å². The number of benzene rings is 1. The molecule has 0 unspecified atom stereocenters. The Morgan fingerprint density at radius 2 is 1.79 bits per heavy atom. The van der Waals surface area contributed by atoms with Crippen molar-refractivity contribution < 1.29 is 22.7 Å². The molecule has 150 valence electrons.